The molecule has 32 heteroatoms. The van der Waals surface area contributed by atoms with Gasteiger partial charge < -0.3 is 92.5 Å². The number of likely N-dealkylation sites (tertiary alicyclic amines) is 2. The number of nitrogens with one attached hydrogen (secondary N) is 8. The van der Waals surface area contributed by atoms with E-state index in [2.05, 4.69) is 47.5 Å². The number of guanidine groups is 1. The molecular formula is C63H98N18O13S. The van der Waals surface area contributed by atoms with Crippen molar-refractivity contribution in [2.24, 2.45) is 51.0 Å². The van der Waals surface area contributed by atoms with Crippen LogP contribution in [-0.4, -0.2) is 198 Å². The molecule has 2 aliphatic heterocycles. The van der Waals surface area contributed by atoms with Gasteiger partial charge in [0.05, 0.1) is 12.6 Å². The molecule has 2 aromatic carbocycles. The lowest BCUT2D eigenvalue weighted by Crippen LogP contribution is -2.60. The van der Waals surface area contributed by atoms with Crippen molar-refractivity contribution in [1.82, 2.24) is 52.3 Å². The van der Waals surface area contributed by atoms with Crippen molar-refractivity contribution in [2.45, 2.75) is 183 Å². The normalized spacial score (nSPS) is 16.8. The molecule has 524 valence electrons. The average Bonchev–Trinajstić information content (AvgIpc) is 1.74. The van der Waals surface area contributed by atoms with E-state index in [0.29, 0.717) is 55.4 Å². The SMILES string of the molecule is CSCC[C@H](NC(=O)[C@@H](CC(C)C)NC(=O)CNC(=O)[C@H](Cc1ccccc1)NC(=O)[C@@H](Cc1ccccc1)NC(=O)[C@@H](CCC(N)=O)NC(=O)[C@@H](CCC(N)=O)NC(=O)[C@@H]1CCCN1C(=O)[C@@H](CCCCN)NC(=O)[C@H]1CCCN1C(=O)[C@H](N)CCCN=C(N)N)C(N)=O. The highest BCUT2D eigenvalue weighted by Crippen LogP contribution is 2.24. The first-order valence-electron chi connectivity index (χ1n) is 32.2. The maximum atomic E-state index is 14.7. The third-order valence-electron chi connectivity index (χ3n) is 16.0. The van der Waals surface area contributed by atoms with E-state index in [-0.39, 0.29) is 83.0 Å². The number of carbonyl (C=O) groups excluding carboxylic acids is 13. The van der Waals surface area contributed by atoms with E-state index in [4.69, 9.17) is 40.1 Å². The van der Waals surface area contributed by atoms with Gasteiger partial charge >= 0.3 is 0 Å². The second-order valence-electron chi connectivity index (χ2n) is 24.1. The number of thioether (sulfide) groups is 1. The molecule has 22 N–H and O–H groups in total. The van der Waals surface area contributed by atoms with E-state index < -0.39 is 169 Å². The molecule has 2 aliphatic rings. The van der Waals surface area contributed by atoms with E-state index in [1.165, 1.54) is 21.6 Å². The first-order chi connectivity index (χ1) is 45.2. The van der Waals surface area contributed by atoms with E-state index >= 15 is 0 Å². The summed E-state index contributed by atoms with van der Waals surface area (Å²) in [4.78, 5) is 185. The highest BCUT2D eigenvalue weighted by molar-refractivity contribution is 7.98. The fourth-order valence-electron chi connectivity index (χ4n) is 11.0. The van der Waals surface area contributed by atoms with Crippen molar-refractivity contribution in [3.8, 4) is 0 Å². The van der Waals surface area contributed by atoms with Gasteiger partial charge in [0.2, 0.25) is 76.8 Å². The Labute approximate surface area is 558 Å². The highest BCUT2D eigenvalue weighted by atomic mass is 32.2. The molecule has 2 heterocycles. The Hall–Kier alpha value is -8.91. The Morgan fingerprint density at radius 2 is 1.01 bits per heavy atom. The summed E-state index contributed by atoms with van der Waals surface area (Å²) in [6.45, 7) is 3.86. The van der Waals surface area contributed by atoms with Crippen molar-refractivity contribution < 1.29 is 62.3 Å². The monoisotopic (exact) mass is 1350 g/mol. The van der Waals surface area contributed by atoms with Crippen molar-refractivity contribution in [3.63, 3.8) is 0 Å². The maximum absolute atomic E-state index is 14.7. The number of benzene rings is 2. The van der Waals surface area contributed by atoms with Crippen LogP contribution in [0.25, 0.3) is 0 Å². The third-order valence-corrected chi connectivity index (χ3v) is 16.7. The maximum Gasteiger partial charge on any atom is 0.245 e. The van der Waals surface area contributed by atoms with Crippen LogP contribution in [-0.2, 0) is 75.2 Å². The van der Waals surface area contributed by atoms with E-state index in [0.717, 1.165) is 0 Å². The molecule has 2 fully saturated rings. The number of nitrogens with two attached hydrogens (primary N) is 7. The summed E-state index contributed by atoms with van der Waals surface area (Å²) in [6, 6.07) is 4.51. The third kappa shape index (κ3) is 27.5. The first-order valence-corrected chi connectivity index (χ1v) is 33.6. The lowest BCUT2D eigenvalue weighted by molar-refractivity contribution is -0.144. The fourth-order valence-corrected chi connectivity index (χ4v) is 11.5. The van der Waals surface area contributed by atoms with Gasteiger partial charge in [-0.25, -0.2) is 0 Å². The summed E-state index contributed by atoms with van der Waals surface area (Å²) in [5.41, 5.74) is 40.6. The highest BCUT2D eigenvalue weighted by Gasteiger charge is 2.42. The Balaban J connectivity index is 1.56. The second-order valence-corrected chi connectivity index (χ2v) is 25.1. The van der Waals surface area contributed by atoms with Gasteiger partial charge in [0.15, 0.2) is 5.96 Å². The van der Waals surface area contributed by atoms with E-state index in [9.17, 15) is 62.3 Å². The van der Waals surface area contributed by atoms with Gasteiger partial charge in [-0.3, -0.25) is 67.3 Å². The Kier molecular flexibility index (Phi) is 33.9. The van der Waals surface area contributed by atoms with Gasteiger partial charge in [-0.1, -0.05) is 74.5 Å². The largest absolute Gasteiger partial charge is 0.370 e. The smallest absolute Gasteiger partial charge is 0.245 e. The molecule has 0 bridgehead atoms. The molecule has 0 aliphatic carbocycles. The molecule has 10 atom stereocenters. The molecule has 13 amide bonds. The molecule has 31 nitrogen and oxygen atoms in total. The number of hydrogen-bond acceptors (Lipinski definition) is 17. The zero-order chi connectivity index (χ0) is 70.1. The Morgan fingerprint density at radius 1 is 0.537 bits per heavy atom. The van der Waals surface area contributed by atoms with Crippen LogP contribution < -0.4 is 82.7 Å². The van der Waals surface area contributed by atoms with E-state index in [1.54, 1.807) is 60.7 Å². The molecule has 0 unspecified atom stereocenters. The van der Waals surface area contributed by atoms with Crippen molar-refractivity contribution in [3.05, 3.63) is 71.8 Å². The van der Waals surface area contributed by atoms with Crippen LogP contribution in [0.4, 0.5) is 0 Å². The van der Waals surface area contributed by atoms with E-state index in [1.807, 2.05) is 20.1 Å². The summed E-state index contributed by atoms with van der Waals surface area (Å²) >= 11 is 1.45. The molecule has 0 spiro atoms. The first kappa shape index (κ1) is 78.5. The van der Waals surface area contributed by atoms with Crippen LogP contribution in [0.5, 0.6) is 0 Å². The number of amides is 13. The standard InChI is InChI=1S/C63H98N18O13S/c1-37(2)33-45(57(89)74-41(53(68)85)27-32-95-3)73-52(84)36-72-54(86)46(34-38-15-6-4-7-16-38)78-58(90)47(35-39-17-8-5-9-18-39)79-56(88)42(23-25-50(66)82)75-55(87)43(24-26-51(67)83)76-59(91)49-22-14-31-81(49)62(94)44(20-10-11-28-64)77-60(92)48-21-13-30-80(48)61(93)40(65)19-12-29-71-63(69)70/h4-9,15-18,37,40-49H,10-14,19-36,64-65H2,1-3H3,(H2,66,82)(H2,67,83)(H2,68,85)(H,72,86)(H,73,84)(H,74,89)(H,75,87)(H,76,91)(H,77,92)(H,78,90)(H,79,88)(H4,69,70,71)/t40-,41+,42-,43-,44-,45-,46+,47-,48-,49+/m1/s1. The van der Waals surface area contributed by atoms with Gasteiger partial charge in [-0.05, 0) is 119 Å². The number of carbonyl (C=O) groups is 13. The number of primary amides is 3. The van der Waals surface area contributed by atoms with Crippen molar-refractivity contribution in [1.29, 1.82) is 0 Å². The summed E-state index contributed by atoms with van der Waals surface area (Å²) in [6.07, 6.45) is 3.12. The van der Waals surface area contributed by atoms with Crippen LogP contribution in [0.1, 0.15) is 121 Å². The van der Waals surface area contributed by atoms with Gasteiger partial charge in [-0.15, -0.1) is 0 Å². The number of aliphatic imine (C=N–C) groups is 1. The molecular weight excluding hydrogens is 1250 g/mol. The molecule has 0 aromatic heterocycles. The average molecular weight is 1350 g/mol. The van der Waals surface area contributed by atoms with Crippen molar-refractivity contribution >= 4 is 94.5 Å². The summed E-state index contributed by atoms with van der Waals surface area (Å²) < 4.78 is 0. The molecule has 2 saturated heterocycles. The number of hydrogen-bond donors (Lipinski definition) is 15. The van der Waals surface area contributed by atoms with Gasteiger partial charge in [0, 0.05) is 45.3 Å². The number of rotatable bonds is 42. The zero-order valence-corrected chi connectivity index (χ0v) is 55.3. The van der Waals surface area contributed by atoms with Crippen LogP contribution in [0, 0.1) is 5.92 Å². The van der Waals surface area contributed by atoms with Gasteiger partial charge in [0.25, 0.3) is 0 Å². The summed E-state index contributed by atoms with van der Waals surface area (Å²) in [5.74, 6) is -9.80. The number of unbranched alkanes of at least 4 members (excludes halogenated alkanes) is 1. The summed E-state index contributed by atoms with van der Waals surface area (Å²) in [7, 11) is 0. The van der Waals surface area contributed by atoms with Gasteiger partial charge in [0.1, 0.15) is 54.4 Å². The molecule has 0 radical (unpaired) electrons. The minimum Gasteiger partial charge on any atom is -0.370 e. The number of nitrogens with zero attached hydrogens (tertiary/aromatic N) is 3. The van der Waals surface area contributed by atoms with Crippen LogP contribution in [0.3, 0.4) is 0 Å². The predicted molar refractivity (Wildman–Crippen MR) is 356 cm³/mol. The molecule has 4 rings (SSSR count). The Morgan fingerprint density at radius 3 is 1.51 bits per heavy atom. The predicted octanol–water partition coefficient (Wildman–Crippen LogP) is -3.71. The molecule has 0 saturated carbocycles. The van der Waals surface area contributed by atoms with Crippen LogP contribution in [0.2, 0.25) is 0 Å². The fraction of sp³-hybridized carbons (Fsp3) is 0.587. The quantitative estimate of drug-likeness (QED) is 0.0173. The zero-order valence-electron chi connectivity index (χ0n) is 54.5. The lowest BCUT2D eigenvalue weighted by Gasteiger charge is -2.32. The molecule has 95 heavy (non-hydrogen) atoms. The topological polar surface area (TPSA) is 519 Å². The minimum absolute atomic E-state index is 0.0736. The minimum atomic E-state index is -1.64. The van der Waals surface area contributed by atoms with Crippen LogP contribution >= 0.6 is 11.8 Å². The van der Waals surface area contributed by atoms with Crippen molar-refractivity contribution in [2.75, 3.05) is 44.7 Å². The second kappa shape index (κ2) is 41.0. The summed E-state index contributed by atoms with van der Waals surface area (Å²) in [5, 5.41) is 21.1. The molecule has 2 aromatic rings. The van der Waals surface area contributed by atoms with Crippen LogP contribution in [0.15, 0.2) is 65.7 Å². The Bertz CT molecular complexity index is 2960. The lowest BCUT2D eigenvalue weighted by atomic mass is 10.0. The van der Waals surface area contributed by atoms with Gasteiger partial charge in [-0.2, -0.15) is 11.8 Å².